The summed E-state index contributed by atoms with van der Waals surface area (Å²) in [7, 11) is 6.62. The average Bonchev–Trinajstić information content (AvgIpc) is 1.61. The molecule has 122 heavy (non-hydrogen) atoms. The van der Waals surface area contributed by atoms with Crippen molar-refractivity contribution in [2.75, 3.05) is 66.2 Å². The van der Waals surface area contributed by atoms with Crippen LogP contribution in [0.4, 0.5) is 34.1 Å². The SMILES string of the molecule is CNC(=O)c1ccc(C(=O)Nc2ccc(Oc3ccc(NC(=O)c4cc(C(=O)Nc5ccc(C)cc5)ccc4C(=O)NC(C)CCCC(C)NC)cc3)cc2)cc1C(=O)NCCCCC(CCCC(C)NC)NC(=O)c1ccc(C(=O)Nc2ccc(Oc3ccc(N4C(=O)c5ccc(C(=O)Nc6ccc(C)cc6)cc5C4=O)cc3)cc2)cc1C(=O)NC. The third-order valence-electron chi connectivity index (χ3n) is 20.9. The number of aryl methyl sites for hydroxylation is 2. The summed E-state index contributed by atoms with van der Waals surface area (Å²) in [5.41, 5.74) is 5.63. The van der Waals surface area contributed by atoms with E-state index in [0.717, 1.165) is 48.1 Å². The van der Waals surface area contributed by atoms with Gasteiger partial charge in [-0.3, -0.25) is 57.5 Å². The zero-order valence-corrected chi connectivity index (χ0v) is 69.3. The molecule has 27 nitrogen and oxygen atoms in total. The number of carbonyl (C=O) groups excluding carboxylic acids is 12. The van der Waals surface area contributed by atoms with Crippen molar-refractivity contribution in [3.05, 3.63) is 296 Å². The molecule has 0 radical (unpaired) electrons. The Balaban J connectivity index is 0.656. The Bertz CT molecular complexity index is 5530. The van der Waals surface area contributed by atoms with Crippen LogP contribution in [0.2, 0.25) is 0 Å². The Morgan fingerprint density at radius 1 is 0.311 bits per heavy atom. The zero-order chi connectivity index (χ0) is 87.1. The fourth-order valence-corrected chi connectivity index (χ4v) is 13.6. The quantitative estimate of drug-likeness (QED) is 0.0127. The lowest BCUT2D eigenvalue weighted by Crippen LogP contribution is -2.37. The molecule has 0 saturated heterocycles. The van der Waals surface area contributed by atoms with Gasteiger partial charge in [-0.05, 0) is 301 Å². The van der Waals surface area contributed by atoms with Crippen LogP contribution < -0.4 is 78.2 Å². The van der Waals surface area contributed by atoms with E-state index in [1.807, 2.05) is 59.1 Å². The number of rotatable bonds is 37. The van der Waals surface area contributed by atoms with Crippen molar-refractivity contribution in [1.82, 2.24) is 37.2 Å². The highest BCUT2D eigenvalue weighted by molar-refractivity contribution is 6.35. The molecule has 1 aliphatic heterocycles. The summed E-state index contributed by atoms with van der Waals surface area (Å²) in [6.45, 7) is 10.1. The van der Waals surface area contributed by atoms with Crippen molar-refractivity contribution in [2.45, 2.75) is 117 Å². The van der Waals surface area contributed by atoms with Crippen molar-refractivity contribution < 1.29 is 67.0 Å². The second kappa shape index (κ2) is 41.8. The third kappa shape index (κ3) is 23.5. The highest BCUT2D eigenvalue weighted by Crippen LogP contribution is 2.34. The largest absolute Gasteiger partial charge is 0.457 e. The summed E-state index contributed by atoms with van der Waals surface area (Å²) in [6, 6.07) is 57.6. The van der Waals surface area contributed by atoms with Crippen LogP contribution in [0.15, 0.2) is 218 Å². The van der Waals surface area contributed by atoms with E-state index in [-0.39, 0.29) is 91.4 Å². The first-order chi connectivity index (χ1) is 58.7. The lowest BCUT2D eigenvalue weighted by atomic mass is 9.98. The first kappa shape index (κ1) is 88.4. The van der Waals surface area contributed by atoms with Gasteiger partial charge in [-0.2, -0.15) is 0 Å². The molecule has 628 valence electrons. The number of ether oxygens (including phenoxy) is 2. The van der Waals surface area contributed by atoms with Gasteiger partial charge in [0.05, 0.1) is 50.2 Å². The maximum atomic E-state index is 14.3. The lowest BCUT2D eigenvalue weighted by Gasteiger charge is -2.21. The first-order valence-corrected chi connectivity index (χ1v) is 40.3. The predicted molar refractivity (Wildman–Crippen MR) is 471 cm³/mol. The molecule has 0 spiro atoms. The minimum atomic E-state index is -0.615. The van der Waals surface area contributed by atoms with E-state index in [4.69, 9.17) is 9.47 Å². The van der Waals surface area contributed by atoms with Crippen LogP contribution in [0.25, 0.3) is 0 Å². The minimum absolute atomic E-state index is 0.000877. The number of anilines is 6. The highest BCUT2D eigenvalue weighted by Gasteiger charge is 2.38. The standard InChI is InChI=1S/C95H99N13O14/c1-56-19-27-66(28-20-56)102-86(111)63-25-49-78(91(116)101-60(5)16-12-14-58(3)96-6)82(54-63)93(118)107-70-35-43-73(44-36-70)121-72-39-31-69(32-40-72)105-85(110)62-23-47-76(88(113)98-8)81(53-62)90(115)100-51-11-10-17-65(18-13-15-59(4)97-7)106-92(117)77-48-24-61(52-80(77)89(114)99-9)84(109)104-68-33-41-74(42-34-68)122-75-45-37-71(38-46-75)108-94(119)79-50-26-64(55-83(79)95(108)120)87(112)103-67-29-21-57(2)22-30-67/h19-50,52-55,58-60,65,96-97H,10-18,51H2,1-9H3,(H,98,113)(H,99,114)(H,100,115)(H,101,116)(H,102,111)(H,103,112)(H,104,109)(H,105,110)(H,106,117)(H,107,118). The summed E-state index contributed by atoms with van der Waals surface area (Å²) >= 11 is 0. The number of nitrogens with one attached hydrogen (secondary N) is 12. The van der Waals surface area contributed by atoms with E-state index in [9.17, 15) is 57.5 Å². The van der Waals surface area contributed by atoms with Gasteiger partial charge in [0, 0.05) is 95.5 Å². The fourth-order valence-electron chi connectivity index (χ4n) is 13.6. The smallest absolute Gasteiger partial charge is 0.266 e. The van der Waals surface area contributed by atoms with Crippen molar-refractivity contribution in [2.24, 2.45) is 0 Å². The number of amides is 12. The minimum Gasteiger partial charge on any atom is -0.457 e. The van der Waals surface area contributed by atoms with E-state index in [0.29, 0.717) is 88.8 Å². The van der Waals surface area contributed by atoms with Crippen LogP contribution in [0.3, 0.4) is 0 Å². The number of carbonyl (C=O) groups is 12. The van der Waals surface area contributed by atoms with Crippen LogP contribution in [0.5, 0.6) is 23.0 Å². The topological polar surface area (TPSA) is 371 Å². The van der Waals surface area contributed by atoms with E-state index >= 15 is 0 Å². The van der Waals surface area contributed by atoms with Gasteiger partial charge in [0.2, 0.25) is 0 Å². The van der Waals surface area contributed by atoms with Crippen LogP contribution in [0.1, 0.15) is 214 Å². The van der Waals surface area contributed by atoms with Gasteiger partial charge < -0.3 is 73.3 Å². The first-order valence-electron chi connectivity index (χ1n) is 40.3. The van der Waals surface area contributed by atoms with Crippen LogP contribution >= 0.6 is 0 Å². The van der Waals surface area contributed by atoms with Crippen molar-refractivity contribution in [3.8, 4) is 23.0 Å². The number of benzene rings is 10. The molecule has 10 aromatic carbocycles. The molecule has 12 N–H and O–H groups in total. The van der Waals surface area contributed by atoms with Gasteiger partial charge in [-0.25, -0.2) is 4.90 Å². The number of hydrogen-bond donors (Lipinski definition) is 12. The summed E-state index contributed by atoms with van der Waals surface area (Å²) in [6.07, 6.45) is 6.13. The molecule has 1 aliphatic rings. The van der Waals surface area contributed by atoms with Gasteiger partial charge in [0.25, 0.3) is 70.9 Å². The fraction of sp³-hybridized carbons (Fsp3) is 0.242. The number of imide groups is 1. The third-order valence-corrected chi connectivity index (χ3v) is 20.9. The summed E-state index contributed by atoms with van der Waals surface area (Å²) in [5, 5.41) is 34.8. The molecular weight excluding hydrogens is 1550 g/mol. The highest BCUT2D eigenvalue weighted by atomic mass is 16.5. The molecule has 0 fully saturated rings. The molecule has 0 aliphatic carbocycles. The molecule has 1 heterocycles. The van der Waals surface area contributed by atoms with Crippen LogP contribution in [-0.4, -0.2) is 130 Å². The average molecular weight is 1650 g/mol. The number of hydrogen-bond acceptors (Lipinski definition) is 16. The van der Waals surface area contributed by atoms with E-state index in [2.05, 4.69) is 77.6 Å². The Morgan fingerprint density at radius 3 is 1.08 bits per heavy atom. The van der Waals surface area contributed by atoms with Crippen molar-refractivity contribution in [1.29, 1.82) is 0 Å². The second-order valence-electron chi connectivity index (χ2n) is 30.0. The molecule has 4 unspecified atom stereocenters. The maximum absolute atomic E-state index is 14.3. The monoisotopic (exact) mass is 1650 g/mol. The molecule has 12 amide bonds. The molecule has 0 bridgehead atoms. The van der Waals surface area contributed by atoms with Gasteiger partial charge >= 0.3 is 0 Å². The Morgan fingerprint density at radius 2 is 0.648 bits per heavy atom. The molecule has 0 aromatic heterocycles. The zero-order valence-electron chi connectivity index (χ0n) is 69.3. The molecule has 0 saturated carbocycles. The Hall–Kier alpha value is -14.4. The predicted octanol–water partition coefficient (Wildman–Crippen LogP) is 15.0. The van der Waals surface area contributed by atoms with Crippen molar-refractivity contribution in [3.63, 3.8) is 0 Å². The van der Waals surface area contributed by atoms with Crippen molar-refractivity contribution >= 4 is 105 Å². The second-order valence-corrected chi connectivity index (χ2v) is 30.0. The van der Waals surface area contributed by atoms with Gasteiger partial charge in [-0.1, -0.05) is 35.4 Å². The Kier molecular flexibility index (Phi) is 30.3. The summed E-state index contributed by atoms with van der Waals surface area (Å²) < 4.78 is 12.2. The molecule has 27 heteroatoms. The number of fused-ring (bicyclic) bond motifs is 1. The maximum Gasteiger partial charge on any atom is 0.266 e. The number of nitrogens with zero attached hydrogens (tertiary/aromatic N) is 1. The molecule has 11 rings (SSSR count). The van der Waals surface area contributed by atoms with E-state index < -0.39 is 70.9 Å². The van der Waals surface area contributed by atoms with Gasteiger partial charge in [-0.15, -0.1) is 0 Å². The summed E-state index contributed by atoms with van der Waals surface area (Å²) in [4.78, 5) is 165. The lowest BCUT2D eigenvalue weighted by molar-refractivity contribution is 0.0907. The molecule has 4 atom stereocenters. The van der Waals surface area contributed by atoms with Crippen LogP contribution in [0, 0.1) is 13.8 Å². The normalized spacial score (nSPS) is 12.4. The summed E-state index contributed by atoms with van der Waals surface area (Å²) in [5.74, 6) is -4.87. The van der Waals surface area contributed by atoms with Gasteiger partial charge in [0.15, 0.2) is 0 Å². The number of unbranched alkanes of at least 4 members (excludes halogenated alkanes) is 1. The molecular formula is C95H99N13O14. The van der Waals surface area contributed by atoms with E-state index in [1.54, 1.807) is 121 Å². The molecule has 10 aromatic rings. The van der Waals surface area contributed by atoms with Gasteiger partial charge in [0.1, 0.15) is 23.0 Å². The van der Waals surface area contributed by atoms with Crippen LogP contribution in [-0.2, 0) is 0 Å². The van der Waals surface area contributed by atoms with E-state index in [1.165, 1.54) is 86.9 Å². The Labute approximate surface area is 707 Å².